The molecular weight excluding hydrogens is 256 g/mol. The molecule has 0 spiro atoms. The molecule has 0 amide bonds. The number of sulfonamides is 1. The van der Waals surface area contributed by atoms with Gasteiger partial charge in [0.2, 0.25) is 10.0 Å². The van der Waals surface area contributed by atoms with E-state index in [0.29, 0.717) is 6.42 Å². The highest BCUT2D eigenvalue weighted by Crippen LogP contribution is 2.27. The van der Waals surface area contributed by atoms with Crippen LogP contribution in [0.5, 0.6) is 0 Å². The van der Waals surface area contributed by atoms with Gasteiger partial charge in [0.25, 0.3) is 0 Å². The van der Waals surface area contributed by atoms with Gasteiger partial charge in [-0.1, -0.05) is 38.4 Å². The molecule has 4 nitrogen and oxygen atoms in total. The maximum atomic E-state index is 11.8. The lowest BCUT2D eigenvalue weighted by molar-refractivity contribution is 0.330. The van der Waals surface area contributed by atoms with Crippen molar-refractivity contribution >= 4 is 27.2 Å². The monoisotopic (exact) mass is 278 g/mol. The van der Waals surface area contributed by atoms with E-state index in [1.165, 1.54) is 6.42 Å². The molecule has 1 fully saturated rings. The van der Waals surface area contributed by atoms with E-state index in [-0.39, 0.29) is 22.7 Å². The maximum Gasteiger partial charge on any atom is 0.212 e. The second-order valence-corrected chi connectivity index (χ2v) is 7.06. The summed E-state index contributed by atoms with van der Waals surface area (Å²) in [5.41, 5.74) is 5.68. The SMILES string of the molecule is CCCS(=O)(=O)NC(C(N)=S)C1CCCCC1. The van der Waals surface area contributed by atoms with Gasteiger partial charge in [0.15, 0.2) is 0 Å². The highest BCUT2D eigenvalue weighted by Gasteiger charge is 2.29. The maximum absolute atomic E-state index is 11.8. The standard InChI is InChI=1S/C11H22N2O2S2/c1-2-8-17(14,15)13-10(11(12)16)9-6-4-3-5-7-9/h9-10,13H,2-8H2,1H3,(H2,12,16). The van der Waals surface area contributed by atoms with Crippen LogP contribution in [0.1, 0.15) is 45.4 Å². The second-order valence-electron chi connectivity index (χ2n) is 4.71. The summed E-state index contributed by atoms with van der Waals surface area (Å²) in [6.45, 7) is 1.84. The molecule has 3 N–H and O–H groups in total. The Labute approximate surface area is 109 Å². The lowest BCUT2D eigenvalue weighted by Crippen LogP contribution is -2.49. The van der Waals surface area contributed by atoms with Crippen LogP contribution in [0.15, 0.2) is 0 Å². The minimum atomic E-state index is -3.24. The van der Waals surface area contributed by atoms with Gasteiger partial charge >= 0.3 is 0 Å². The van der Waals surface area contributed by atoms with E-state index < -0.39 is 10.0 Å². The van der Waals surface area contributed by atoms with Gasteiger partial charge in [-0.2, -0.15) is 0 Å². The number of hydrogen-bond donors (Lipinski definition) is 2. The highest BCUT2D eigenvalue weighted by atomic mass is 32.2. The van der Waals surface area contributed by atoms with Crippen molar-refractivity contribution in [2.45, 2.75) is 51.5 Å². The van der Waals surface area contributed by atoms with Crippen molar-refractivity contribution in [2.24, 2.45) is 11.7 Å². The van der Waals surface area contributed by atoms with Crippen molar-refractivity contribution in [1.82, 2.24) is 4.72 Å². The average molecular weight is 278 g/mol. The molecule has 100 valence electrons. The Balaban J connectivity index is 2.69. The Morgan fingerprint density at radius 1 is 1.41 bits per heavy atom. The smallest absolute Gasteiger partial charge is 0.212 e. The quantitative estimate of drug-likeness (QED) is 0.723. The molecule has 1 atom stereocenters. The van der Waals surface area contributed by atoms with Gasteiger partial charge in [0.05, 0.1) is 16.8 Å². The minimum absolute atomic E-state index is 0.138. The van der Waals surface area contributed by atoms with E-state index in [4.69, 9.17) is 18.0 Å². The molecule has 1 saturated carbocycles. The largest absolute Gasteiger partial charge is 0.392 e. The number of thiocarbonyl (C=S) groups is 1. The van der Waals surface area contributed by atoms with E-state index in [0.717, 1.165) is 25.7 Å². The van der Waals surface area contributed by atoms with E-state index in [2.05, 4.69) is 4.72 Å². The zero-order valence-electron chi connectivity index (χ0n) is 10.3. The first-order valence-electron chi connectivity index (χ1n) is 6.25. The summed E-state index contributed by atoms with van der Waals surface area (Å²) in [6.07, 6.45) is 6.12. The molecule has 1 aliphatic carbocycles. The molecule has 0 aliphatic heterocycles. The molecule has 1 unspecified atom stereocenters. The van der Waals surface area contributed by atoms with Crippen LogP contribution < -0.4 is 10.5 Å². The van der Waals surface area contributed by atoms with Crippen LogP contribution in [-0.2, 0) is 10.0 Å². The first-order chi connectivity index (χ1) is 7.96. The van der Waals surface area contributed by atoms with Crippen LogP contribution in [0.2, 0.25) is 0 Å². The molecule has 0 bridgehead atoms. The van der Waals surface area contributed by atoms with Crippen molar-refractivity contribution in [3.63, 3.8) is 0 Å². The lowest BCUT2D eigenvalue weighted by atomic mass is 9.84. The fraction of sp³-hybridized carbons (Fsp3) is 0.909. The molecule has 0 aromatic heterocycles. The van der Waals surface area contributed by atoms with E-state index in [1.807, 2.05) is 6.92 Å². The average Bonchev–Trinajstić information content (AvgIpc) is 2.27. The van der Waals surface area contributed by atoms with Gasteiger partial charge in [-0.15, -0.1) is 0 Å². The fourth-order valence-electron chi connectivity index (χ4n) is 2.38. The number of nitrogens with two attached hydrogens (primary N) is 1. The Bertz CT molecular complexity index is 348. The Hall–Kier alpha value is -0.200. The zero-order valence-corrected chi connectivity index (χ0v) is 11.9. The van der Waals surface area contributed by atoms with Gasteiger partial charge in [-0.25, -0.2) is 13.1 Å². The lowest BCUT2D eigenvalue weighted by Gasteiger charge is -2.29. The van der Waals surface area contributed by atoms with Crippen LogP contribution in [0, 0.1) is 5.92 Å². The van der Waals surface area contributed by atoms with Crippen molar-refractivity contribution in [2.75, 3.05) is 5.75 Å². The van der Waals surface area contributed by atoms with E-state index in [1.54, 1.807) is 0 Å². The van der Waals surface area contributed by atoms with Gasteiger partial charge < -0.3 is 5.73 Å². The van der Waals surface area contributed by atoms with Gasteiger partial charge in [-0.05, 0) is 25.2 Å². The van der Waals surface area contributed by atoms with E-state index >= 15 is 0 Å². The number of hydrogen-bond acceptors (Lipinski definition) is 3. The summed E-state index contributed by atoms with van der Waals surface area (Å²) in [7, 11) is -3.24. The molecule has 1 rings (SSSR count). The summed E-state index contributed by atoms with van der Waals surface area (Å²) < 4.78 is 26.2. The normalized spacial score (nSPS) is 20.1. The van der Waals surface area contributed by atoms with Crippen LogP contribution in [-0.4, -0.2) is 25.2 Å². The highest BCUT2D eigenvalue weighted by molar-refractivity contribution is 7.89. The molecular formula is C11H22N2O2S2. The molecule has 0 aromatic carbocycles. The summed E-state index contributed by atoms with van der Waals surface area (Å²) in [4.78, 5) is 0.275. The third kappa shape index (κ3) is 4.89. The summed E-state index contributed by atoms with van der Waals surface area (Å²) in [6, 6.07) is -0.359. The minimum Gasteiger partial charge on any atom is -0.392 e. The Kier molecular flexibility index (Phi) is 5.82. The van der Waals surface area contributed by atoms with Crippen LogP contribution in [0.3, 0.4) is 0 Å². The molecule has 17 heavy (non-hydrogen) atoms. The third-order valence-electron chi connectivity index (χ3n) is 3.21. The van der Waals surface area contributed by atoms with Crippen LogP contribution in [0.25, 0.3) is 0 Å². The first kappa shape index (κ1) is 14.9. The van der Waals surface area contributed by atoms with Crippen molar-refractivity contribution in [3.05, 3.63) is 0 Å². The van der Waals surface area contributed by atoms with Gasteiger partial charge in [0.1, 0.15) is 0 Å². The topological polar surface area (TPSA) is 72.2 Å². The molecule has 0 radical (unpaired) electrons. The molecule has 0 heterocycles. The summed E-state index contributed by atoms with van der Waals surface area (Å²) >= 11 is 5.00. The van der Waals surface area contributed by atoms with Crippen molar-refractivity contribution in [1.29, 1.82) is 0 Å². The molecule has 1 aliphatic rings. The zero-order chi connectivity index (χ0) is 12.9. The first-order valence-corrected chi connectivity index (χ1v) is 8.31. The van der Waals surface area contributed by atoms with Crippen molar-refractivity contribution < 1.29 is 8.42 Å². The molecule has 0 saturated heterocycles. The van der Waals surface area contributed by atoms with Crippen LogP contribution in [0.4, 0.5) is 0 Å². The predicted molar refractivity (Wildman–Crippen MR) is 74.4 cm³/mol. The Morgan fingerprint density at radius 2 is 2.00 bits per heavy atom. The Morgan fingerprint density at radius 3 is 2.47 bits per heavy atom. The molecule has 6 heteroatoms. The van der Waals surface area contributed by atoms with Crippen LogP contribution >= 0.6 is 12.2 Å². The number of nitrogens with one attached hydrogen (secondary N) is 1. The second kappa shape index (κ2) is 6.66. The number of rotatable bonds is 6. The van der Waals surface area contributed by atoms with Crippen molar-refractivity contribution in [3.8, 4) is 0 Å². The van der Waals surface area contributed by atoms with Gasteiger partial charge in [0, 0.05) is 0 Å². The summed E-state index contributed by atoms with van der Waals surface area (Å²) in [5.74, 6) is 0.409. The predicted octanol–water partition coefficient (Wildman–Crippen LogP) is 1.55. The van der Waals surface area contributed by atoms with E-state index in [9.17, 15) is 8.42 Å². The third-order valence-corrected chi connectivity index (χ3v) is 5.02. The van der Waals surface area contributed by atoms with Gasteiger partial charge in [-0.3, -0.25) is 0 Å². The molecule has 0 aromatic rings. The summed E-state index contributed by atoms with van der Waals surface area (Å²) in [5, 5.41) is 0. The fourth-order valence-corrected chi connectivity index (χ4v) is 4.06.